The van der Waals surface area contributed by atoms with E-state index in [1.165, 1.54) is 25.7 Å². The van der Waals surface area contributed by atoms with Gasteiger partial charge in [0, 0.05) is 0 Å². The van der Waals surface area contributed by atoms with E-state index in [-0.39, 0.29) is 12.4 Å². The van der Waals surface area contributed by atoms with E-state index in [1.807, 2.05) is 30.3 Å². The molecule has 1 aromatic rings. The maximum atomic E-state index is 12.6. The molecule has 3 heteroatoms. The molecule has 5 saturated carbocycles. The van der Waals surface area contributed by atoms with Gasteiger partial charge in [-0.3, -0.25) is 4.79 Å². The van der Waals surface area contributed by atoms with Crippen molar-refractivity contribution in [1.82, 2.24) is 0 Å². The van der Waals surface area contributed by atoms with Gasteiger partial charge in [-0.25, -0.2) is 0 Å². The number of hydrogen-bond donors (Lipinski definition) is 1. The normalized spacial score (nSPS) is 49.6. The molecule has 0 amide bonds. The lowest BCUT2D eigenvalue weighted by atomic mass is 9.46. The van der Waals surface area contributed by atoms with Crippen molar-refractivity contribution in [2.45, 2.75) is 50.7 Å². The van der Waals surface area contributed by atoms with Crippen molar-refractivity contribution in [2.75, 3.05) is 0 Å². The van der Waals surface area contributed by atoms with E-state index in [1.54, 1.807) is 0 Å². The number of hydrogen-bond acceptors (Lipinski definition) is 3. The predicted octanol–water partition coefficient (Wildman–Crippen LogP) is 3.80. The summed E-state index contributed by atoms with van der Waals surface area (Å²) in [5.74, 6) is 5.23. The van der Waals surface area contributed by atoms with Crippen LogP contribution >= 0.6 is 0 Å². The van der Waals surface area contributed by atoms with Crippen molar-refractivity contribution in [1.29, 1.82) is 0 Å². The van der Waals surface area contributed by atoms with Gasteiger partial charge in [0.15, 0.2) is 0 Å². The first-order valence-corrected chi connectivity index (χ1v) is 10.6. The van der Waals surface area contributed by atoms with E-state index in [4.69, 9.17) is 4.74 Å². The van der Waals surface area contributed by atoms with Crippen LogP contribution in [-0.2, 0) is 16.1 Å². The summed E-state index contributed by atoms with van der Waals surface area (Å²) >= 11 is 0. The number of carbonyl (C=O) groups is 1. The molecule has 1 N–H and O–H groups in total. The summed E-state index contributed by atoms with van der Waals surface area (Å²) in [4.78, 5) is 12.6. The van der Waals surface area contributed by atoms with E-state index in [9.17, 15) is 9.90 Å². The van der Waals surface area contributed by atoms with Crippen LogP contribution in [0.5, 0.6) is 0 Å². The second kappa shape index (κ2) is 5.34. The first-order valence-electron chi connectivity index (χ1n) is 10.6. The summed E-state index contributed by atoms with van der Waals surface area (Å²) in [6, 6.07) is 9.83. The number of aliphatic hydroxyl groups is 1. The molecule has 0 spiro atoms. The molecule has 3 nitrogen and oxygen atoms in total. The van der Waals surface area contributed by atoms with E-state index in [2.05, 4.69) is 0 Å². The maximum Gasteiger partial charge on any atom is 0.309 e. The monoisotopic (exact) mass is 352 g/mol. The zero-order chi connectivity index (χ0) is 17.5. The van der Waals surface area contributed by atoms with Crippen molar-refractivity contribution >= 4 is 5.97 Å². The molecule has 9 atom stereocenters. The minimum absolute atomic E-state index is 0.211. The highest BCUT2D eigenvalue weighted by molar-refractivity contribution is 5.71. The molecule has 1 aromatic carbocycles. The van der Waals surface area contributed by atoms with Gasteiger partial charge in [-0.05, 0) is 85.0 Å². The molecule has 26 heavy (non-hydrogen) atoms. The first kappa shape index (κ1) is 15.7. The summed E-state index contributed by atoms with van der Waals surface area (Å²) in [6.07, 6.45) is 6.71. The fourth-order valence-electron chi connectivity index (χ4n) is 7.68. The molecule has 6 rings (SSSR count). The minimum atomic E-state index is -0.790. The van der Waals surface area contributed by atoms with Crippen molar-refractivity contribution in [3.8, 4) is 0 Å². The van der Waals surface area contributed by atoms with Gasteiger partial charge in [0.2, 0.25) is 0 Å². The first-order chi connectivity index (χ1) is 12.6. The third-order valence-corrected chi connectivity index (χ3v) is 9.05. The Kier molecular flexibility index (Phi) is 3.22. The van der Waals surface area contributed by atoms with Crippen molar-refractivity contribution < 1.29 is 14.6 Å². The summed E-state index contributed by atoms with van der Waals surface area (Å²) < 4.78 is 5.55. The van der Waals surface area contributed by atoms with Crippen LogP contribution in [-0.4, -0.2) is 16.7 Å². The van der Waals surface area contributed by atoms with Gasteiger partial charge in [0.1, 0.15) is 6.61 Å². The molecule has 0 heterocycles. The second-order valence-electron chi connectivity index (χ2n) is 9.82. The zero-order valence-electron chi connectivity index (χ0n) is 15.2. The van der Waals surface area contributed by atoms with E-state index >= 15 is 0 Å². The molecule has 5 aliphatic rings. The number of fused-ring (bicyclic) bond motifs is 1. The quantitative estimate of drug-likeness (QED) is 0.820. The van der Waals surface area contributed by atoms with Crippen LogP contribution in [0.1, 0.15) is 44.1 Å². The Morgan fingerprint density at radius 1 is 1.04 bits per heavy atom. The number of rotatable bonds is 5. The average molecular weight is 352 g/mol. The molecule has 5 aliphatic carbocycles. The van der Waals surface area contributed by atoms with Gasteiger partial charge < -0.3 is 9.84 Å². The highest BCUT2D eigenvalue weighted by Crippen LogP contribution is 2.76. The van der Waals surface area contributed by atoms with E-state index in [0.717, 1.165) is 29.7 Å². The van der Waals surface area contributed by atoms with Crippen LogP contribution < -0.4 is 0 Å². The summed E-state index contributed by atoms with van der Waals surface area (Å²) in [7, 11) is 0. The van der Waals surface area contributed by atoms with Gasteiger partial charge in [-0.1, -0.05) is 30.3 Å². The fourth-order valence-corrected chi connectivity index (χ4v) is 7.68. The van der Waals surface area contributed by atoms with E-state index < -0.39 is 5.60 Å². The van der Waals surface area contributed by atoms with E-state index in [0.29, 0.717) is 36.2 Å². The molecule has 9 unspecified atom stereocenters. The Bertz CT molecular complexity index is 730. The molecule has 0 saturated heterocycles. The van der Waals surface area contributed by atoms with Gasteiger partial charge in [-0.15, -0.1) is 0 Å². The Morgan fingerprint density at radius 3 is 2.50 bits per heavy atom. The summed E-state index contributed by atoms with van der Waals surface area (Å²) in [5.41, 5.74) is 0.220. The lowest BCUT2D eigenvalue weighted by Crippen LogP contribution is -2.55. The van der Waals surface area contributed by atoms with Crippen LogP contribution in [0.15, 0.2) is 30.3 Å². The largest absolute Gasteiger partial charge is 0.461 e. The zero-order valence-corrected chi connectivity index (χ0v) is 15.2. The van der Waals surface area contributed by atoms with Crippen molar-refractivity contribution in [3.63, 3.8) is 0 Å². The Balaban J connectivity index is 1.18. The lowest BCUT2D eigenvalue weighted by Gasteiger charge is -2.59. The van der Waals surface area contributed by atoms with Crippen molar-refractivity contribution in [3.05, 3.63) is 35.9 Å². The van der Waals surface area contributed by atoms with Gasteiger partial charge in [-0.2, -0.15) is 0 Å². The molecule has 0 bridgehead atoms. The Labute approximate surface area is 155 Å². The predicted molar refractivity (Wildman–Crippen MR) is 96.8 cm³/mol. The Hall–Kier alpha value is -1.35. The molecule has 0 radical (unpaired) electrons. The topological polar surface area (TPSA) is 46.5 Å². The standard InChI is InChI=1S/C23H28O3/c24-20(26-12-13-4-2-1-3-5-13)11-23(25)19-10-15-9-18(21(15)19)22(23)17-8-14-6-7-16(14)17/h1-5,14-19,21-22,25H,6-12H2. The molecule has 0 aliphatic heterocycles. The number of ether oxygens (including phenoxy) is 1. The number of carbonyl (C=O) groups excluding carboxylic acids is 1. The molecular formula is C23H28O3. The average Bonchev–Trinajstić information content (AvgIpc) is 2.68. The third-order valence-electron chi connectivity index (χ3n) is 9.05. The minimum Gasteiger partial charge on any atom is -0.461 e. The fraction of sp³-hybridized carbons (Fsp3) is 0.696. The van der Waals surface area contributed by atoms with Crippen LogP contribution in [0.3, 0.4) is 0 Å². The van der Waals surface area contributed by atoms with Crippen LogP contribution in [0.2, 0.25) is 0 Å². The smallest absolute Gasteiger partial charge is 0.309 e. The van der Waals surface area contributed by atoms with Crippen LogP contribution in [0, 0.1) is 47.3 Å². The highest BCUT2D eigenvalue weighted by atomic mass is 16.5. The summed E-state index contributed by atoms with van der Waals surface area (Å²) in [6.45, 7) is 0.314. The van der Waals surface area contributed by atoms with Gasteiger partial charge >= 0.3 is 5.97 Å². The van der Waals surface area contributed by atoms with Gasteiger partial charge in [0.05, 0.1) is 12.0 Å². The molecular weight excluding hydrogens is 324 g/mol. The maximum absolute atomic E-state index is 12.6. The number of esters is 1. The van der Waals surface area contributed by atoms with Gasteiger partial charge in [0.25, 0.3) is 0 Å². The van der Waals surface area contributed by atoms with Crippen LogP contribution in [0.4, 0.5) is 0 Å². The summed E-state index contributed by atoms with van der Waals surface area (Å²) in [5, 5.41) is 11.8. The SMILES string of the molecule is O=C(CC1(O)C2CC3CC(C32)C1C1CC2CCC21)OCc1ccccc1. The second-order valence-corrected chi connectivity index (χ2v) is 9.82. The lowest BCUT2D eigenvalue weighted by molar-refractivity contribution is -0.168. The highest BCUT2D eigenvalue weighted by Gasteiger charge is 2.74. The van der Waals surface area contributed by atoms with Crippen molar-refractivity contribution in [2.24, 2.45) is 47.3 Å². The molecule has 138 valence electrons. The Morgan fingerprint density at radius 2 is 1.85 bits per heavy atom. The molecule has 0 aromatic heterocycles. The molecule has 5 fully saturated rings. The van der Waals surface area contributed by atoms with Crippen LogP contribution in [0.25, 0.3) is 0 Å². The number of benzene rings is 1. The third kappa shape index (κ3) is 1.96.